The van der Waals surface area contributed by atoms with E-state index in [1.165, 1.54) is 22.5 Å². The lowest BCUT2D eigenvalue weighted by atomic mass is 9.96. The van der Waals surface area contributed by atoms with Gasteiger partial charge in [-0.25, -0.2) is 8.42 Å². The van der Waals surface area contributed by atoms with E-state index in [1.54, 1.807) is 4.90 Å². The van der Waals surface area contributed by atoms with Gasteiger partial charge < -0.3 is 15.4 Å². The van der Waals surface area contributed by atoms with Crippen LogP contribution >= 0.6 is 11.6 Å². The van der Waals surface area contributed by atoms with Gasteiger partial charge >= 0.3 is 0 Å². The standard InChI is InChI=1S/C17H22ClN3O5S/c18-14-2-1-13(17(23)20-5-3-12(4-6-20)16(19)22)11-15(14)27(24,25)21-7-9-26-10-8-21/h1-2,11-12H,3-10H2,(H2,19,22). The van der Waals surface area contributed by atoms with E-state index >= 15 is 0 Å². The molecule has 1 aromatic rings. The van der Waals surface area contributed by atoms with Crippen molar-refractivity contribution < 1.29 is 22.7 Å². The number of halogens is 1. The molecule has 2 saturated heterocycles. The number of piperidine rings is 1. The molecule has 1 aromatic carbocycles. The highest BCUT2D eigenvalue weighted by atomic mass is 35.5. The van der Waals surface area contributed by atoms with E-state index in [-0.39, 0.29) is 46.3 Å². The second kappa shape index (κ2) is 8.14. The van der Waals surface area contributed by atoms with Crippen LogP contribution in [0.25, 0.3) is 0 Å². The Labute approximate surface area is 163 Å². The van der Waals surface area contributed by atoms with Crippen molar-refractivity contribution in [1.29, 1.82) is 0 Å². The molecule has 0 aliphatic carbocycles. The first kappa shape index (κ1) is 20.1. The summed E-state index contributed by atoms with van der Waals surface area (Å²) in [5, 5.41) is 0.0745. The molecule has 0 atom stereocenters. The minimum atomic E-state index is -3.81. The smallest absolute Gasteiger partial charge is 0.253 e. The second-order valence-corrected chi connectivity index (χ2v) is 8.94. The number of primary amides is 1. The van der Waals surface area contributed by atoms with Crippen molar-refractivity contribution in [3.05, 3.63) is 28.8 Å². The summed E-state index contributed by atoms with van der Waals surface area (Å²) in [6.45, 7) is 1.95. The maximum atomic E-state index is 12.9. The van der Waals surface area contributed by atoms with Gasteiger partial charge in [-0.15, -0.1) is 0 Å². The molecule has 2 heterocycles. The molecule has 27 heavy (non-hydrogen) atoms. The molecule has 2 N–H and O–H groups in total. The summed E-state index contributed by atoms with van der Waals surface area (Å²) < 4.78 is 32.3. The number of likely N-dealkylation sites (tertiary alicyclic amines) is 1. The average Bonchev–Trinajstić information content (AvgIpc) is 2.68. The van der Waals surface area contributed by atoms with E-state index in [9.17, 15) is 18.0 Å². The highest BCUT2D eigenvalue weighted by Crippen LogP contribution is 2.28. The van der Waals surface area contributed by atoms with Crippen LogP contribution in [0.2, 0.25) is 5.02 Å². The molecule has 2 fully saturated rings. The van der Waals surface area contributed by atoms with Gasteiger partial charge in [0.15, 0.2) is 0 Å². The van der Waals surface area contributed by atoms with Crippen molar-refractivity contribution in [3.8, 4) is 0 Å². The lowest BCUT2D eigenvalue weighted by molar-refractivity contribution is -0.123. The van der Waals surface area contributed by atoms with Gasteiger partial charge in [0.1, 0.15) is 4.90 Å². The number of carbonyl (C=O) groups is 2. The van der Waals surface area contributed by atoms with Gasteiger partial charge in [0.25, 0.3) is 5.91 Å². The predicted octanol–water partition coefficient (Wildman–Crippen LogP) is 0.698. The third kappa shape index (κ3) is 4.26. The minimum Gasteiger partial charge on any atom is -0.379 e. The Kier molecular flexibility index (Phi) is 6.05. The van der Waals surface area contributed by atoms with Crippen LogP contribution in [0.5, 0.6) is 0 Å². The minimum absolute atomic E-state index is 0.0745. The summed E-state index contributed by atoms with van der Waals surface area (Å²) in [6, 6.07) is 4.27. The largest absolute Gasteiger partial charge is 0.379 e. The predicted molar refractivity (Wildman–Crippen MR) is 98.9 cm³/mol. The monoisotopic (exact) mass is 415 g/mol. The van der Waals surface area contributed by atoms with Crippen LogP contribution in [0.3, 0.4) is 0 Å². The molecule has 0 spiro atoms. The fraction of sp³-hybridized carbons (Fsp3) is 0.529. The number of rotatable bonds is 4. The third-order valence-electron chi connectivity index (χ3n) is 4.95. The number of amides is 2. The molecule has 148 valence electrons. The Balaban J connectivity index is 1.81. The fourth-order valence-electron chi connectivity index (χ4n) is 3.31. The van der Waals surface area contributed by atoms with Crippen LogP contribution < -0.4 is 5.73 Å². The number of carbonyl (C=O) groups excluding carboxylic acids is 2. The Morgan fingerprint density at radius 2 is 1.74 bits per heavy atom. The normalized spacial score (nSPS) is 19.8. The van der Waals surface area contributed by atoms with E-state index in [1.807, 2.05) is 0 Å². The highest BCUT2D eigenvalue weighted by Gasteiger charge is 2.31. The molecular formula is C17H22ClN3O5S. The summed E-state index contributed by atoms with van der Waals surface area (Å²) in [4.78, 5) is 25.6. The average molecular weight is 416 g/mol. The molecule has 0 bridgehead atoms. The molecule has 8 nitrogen and oxygen atoms in total. The maximum absolute atomic E-state index is 12.9. The first-order valence-corrected chi connectivity index (χ1v) is 10.6. The molecule has 3 rings (SSSR count). The Morgan fingerprint density at radius 3 is 2.33 bits per heavy atom. The lowest BCUT2D eigenvalue weighted by Crippen LogP contribution is -2.42. The van der Waals surface area contributed by atoms with Crippen molar-refractivity contribution in [2.75, 3.05) is 39.4 Å². The van der Waals surface area contributed by atoms with Gasteiger partial charge in [0.2, 0.25) is 15.9 Å². The van der Waals surface area contributed by atoms with E-state index in [4.69, 9.17) is 22.1 Å². The number of benzene rings is 1. The van der Waals surface area contributed by atoms with Gasteiger partial charge in [0.05, 0.1) is 18.2 Å². The number of ether oxygens (including phenoxy) is 1. The number of hydrogen-bond acceptors (Lipinski definition) is 5. The molecule has 10 heteroatoms. The Morgan fingerprint density at radius 1 is 1.11 bits per heavy atom. The second-order valence-electron chi connectivity index (χ2n) is 6.63. The van der Waals surface area contributed by atoms with Crippen LogP contribution in [0.4, 0.5) is 0 Å². The molecule has 2 aliphatic rings. The molecule has 0 aromatic heterocycles. The number of nitrogens with two attached hydrogens (primary N) is 1. The van der Waals surface area contributed by atoms with Crippen LogP contribution in [0.1, 0.15) is 23.2 Å². The molecule has 2 aliphatic heterocycles. The SMILES string of the molecule is NC(=O)C1CCN(C(=O)c2ccc(Cl)c(S(=O)(=O)N3CCOCC3)c2)CC1. The summed E-state index contributed by atoms with van der Waals surface area (Å²) in [5.74, 6) is -0.864. The van der Waals surface area contributed by atoms with E-state index in [0.29, 0.717) is 39.1 Å². The van der Waals surface area contributed by atoms with Gasteiger partial charge in [0, 0.05) is 37.7 Å². The number of morpholine rings is 1. The van der Waals surface area contributed by atoms with Crippen molar-refractivity contribution in [1.82, 2.24) is 9.21 Å². The van der Waals surface area contributed by atoms with Gasteiger partial charge in [-0.1, -0.05) is 11.6 Å². The summed E-state index contributed by atoms with van der Waals surface area (Å²) >= 11 is 6.13. The van der Waals surface area contributed by atoms with Gasteiger partial charge in [-0.05, 0) is 31.0 Å². The van der Waals surface area contributed by atoms with Crippen LogP contribution in [0, 0.1) is 5.92 Å². The number of sulfonamides is 1. The van der Waals surface area contributed by atoms with Crippen LogP contribution in [-0.2, 0) is 19.6 Å². The Hall–Kier alpha value is -1.68. The zero-order chi connectivity index (χ0) is 19.6. The van der Waals surface area contributed by atoms with E-state index < -0.39 is 10.0 Å². The molecule has 0 saturated carbocycles. The molecule has 0 unspecified atom stereocenters. The third-order valence-corrected chi connectivity index (χ3v) is 7.33. The van der Waals surface area contributed by atoms with Gasteiger partial charge in [-0.3, -0.25) is 9.59 Å². The van der Waals surface area contributed by atoms with Crippen molar-refractivity contribution in [2.24, 2.45) is 11.7 Å². The Bertz CT molecular complexity index is 831. The first-order valence-electron chi connectivity index (χ1n) is 8.77. The summed E-state index contributed by atoms with van der Waals surface area (Å²) in [7, 11) is -3.81. The molecular weight excluding hydrogens is 394 g/mol. The van der Waals surface area contributed by atoms with Crippen molar-refractivity contribution in [3.63, 3.8) is 0 Å². The molecule has 0 radical (unpaired) electrons. The number of nitrogens with zero attached hydrogens (tertiary/aromatic N) is 2. The van der Waals surface area contributed by atoms with Crippen molar-refractivity contribution in [2.45, 2.75) is 17.7 Å². The van der Waals surface area contributed by atoms with E-state index in [2.05, 4.69) is 0 Å². The summed E-state index contributed by atoms with van der Waals surface area (Å²) in [6.07, 6.45) is 1.02. The van der Waals surface area contributed by atoms with Crippen LogP contribution in [-0.4, -0.2) is 68.8 Å². The summed E-state index contributed by atoms with van der Waals surface area (Å²) in [5.41, 5.74) is 5.57. The quantitative estimate of drug-likeness (QED) is 0.778. The zero-order valence-corrected chi connectivity index (χ0v) is 16.3. The topological polar surface area (TPSA) is 110 Å². The number of hydrogen-bond donors (Lipinski definition) is 1. The highest BCUT2D eigenvalue weighted by molar-refractivity contribution is 7.89. The van der Waals surface area contributed by atoms with Crippen molar-refractivity contribution >= 4 is 33.4 Å². The zero-order valence-electron chi connectivity index (χ0n) is 14.8. The van der Waals surface area contributed by atoms with Gasteiger partial charge in [-0.2, -0.15) is 4.31 Å². The first-order chi connectivity index (χ1) is 12.8. The van der Waals surface area contributed by atoms with E-state index in [0.717, 1.165) is 0 Å². The lowest BCUT2D eigenvalue weighted by Gasteiger charge is -2.31. The maximum Gasteiger partial charge on any atom is 0.253 e. The van der Waals surface area contributed by atoms with Crippen LogP contribution in [0.15, 0.2) is 23.1 Å². The molecule has 2 amide bonds. The fourth-order valence-corrected chi connectivity index (χ4v) is 5.22.